The number of carbonyl (C=O) groups excluding carboxylic acids is 1. The molecule has 0 aromatic heterocycles. The fraction of sp³-hybridized carbons (Fsp3) is 0.551. The molecule has 2 unspecified atom stereocenters. The second-order valence-electron chi connectivity index (χ2n) is 17.9. The summed E-state index contributed by atoms with van der Waals surface area (Å²) >= 11 is 19.2. The highest BCUT2D eigenvalue weighted by Crippen LogP contribution is 2.60. The van der Waals surface area contributed by atoms with Crippen LogP contribution in [-0.2, 0) is 33.6 Å². The molecule has 9 atom stereocenters. The molecule has 3 aromatic rings. The Labute approximate surface area is 380 Å². The van der Waals surface area contributed by atoms with Crippen LogP contribution >= 0.6 is 34.8 Å². The van der Waals surface area contributed by atoms with E-state index >= 15 is 0 Å². The quantitative estimate of drug-likeness (QED) is 0.0933. The zero-order valence-corrected chi connectivity index (χ0v) is 38.6. The SMILES string of the molecule is CCCCN(CCCC)CC(O)c1cc(Cl)cc2c1-c1ccc(Cl)cc1/C2=C/c1ccc(Cl)cc1.C[C@H]1[C@H](C(=O)OCCC(=O)O)O[C@@H]2O[C@]3(C)CC[C@H]4[C@H](C)CC[C@@H]1C24OO3. The van der Waals surface area contributed by atoms with Crippen molar-refractivity contribution in [2.24, 2.45) is 23.7 Å². The van der Waals surface area contributed by atoms with Gasteiger partial charge in [0.25, 0.3) is 0 Å². The van der Waals surface area contributed by atoms with E-state index in [0.717, 1.165) is 97.0 Å². The fourth-order valence-corrected chi connectivity index (χ4v) is 10.8. The van der Waals surface area contributed by atoms with E-state index in [-0.39, 0.29) is 30.8 Å². The molecule has 3 aromatic carbocycles. The van der Waals surface area contributed by atoms with E-state index in [4.69, 9.17) is 63.9 Å². The van der Waals surface area contributed by atoms with Crippen molar-refractivity contribution in [1.29, 1.82) is 0 Å². The number of esters is 1. The van der Waals surface area contributed by atoms with Gasteiger partial charge in [-0.05, 0) is 151 Å². The number of carbonyl (C=O) groups is 2. The molecule has 2 aliphatic carbocycles. The molecular formula is C49H60Cl3NO9. The zero-order chi connectivity index (χ0) is 44.3. The van der Waals surface area contributed by atoms with Crippen LogP contribution < -0.4 is 0 Å². The van der Waals surface area contributed by atoms with Gasteiger partial charge >= 0.3 is 11.9 Å². The van der Waals surface area contributed by atoms with Crippen LogP contribution in [0.25, 0.3) is 22.8 Å². The Hall–Kier alpha value is -3.03. The minimum Gasteiger partial charge on any atom is -0.481 e. The van der Waals surface area contributed by atoms with Gasteiger partial charge in [0.2, 0.25) is 5.79 Å². The number of ether oxygens (including phenoxy) is 3. The van der Waals surface area contributed by atoms with Gasteiger partial charge in [-0.25, -0.2) is 14.6 Å². The van der Waals surface area contributed by atoms with Crippen molar-refractivity contribution >= 4 is 58.4 Å². The Bertz CT molecular complexity index is 2110. The Kier molecular flexibility index (Phi) is 15.2. The largest absolute Gasteiger partial charge is 0.481 e. The number of rotatable bonds is 14. The molecule has 5 fully saturated rings. The van der Waals surface area contributed by atoms with Gasteiger partial charge in [0, 0.05) is 34.0 Å². The van der Waals surface area contributed by atoms with Crippen molar-refractivity contribution in [2.75, 3.05) is 26.2 Å². The summed E-state index contributed by atoms with van der Waals surface area (Å²) < 4.78 is 17.5. The van der Waals surface area contributed by atoms with Crippen LogP contribution in [0.3, 0.4) is 0 Å². The lowest BCUT2D eigenvalue weighted by molar-refractivity contribution is -0.569. The molecule has 1 spiro atoms. The van der Waals surface area contributed by atoms with Crippen LogP contribution in [0.1, 0.15) is 121 Å². The predicted molar refractivity (Wildman–Crippen MR) is 242 cm³/mol. The lowest BCUT2D eigenvalue weighted by Crippen LogP contribution is -2.71. The van der Waals surface area contributed by atoms with E-state index in [1.165, 1.54) is 0 Å². The first-order chi connectivity index (χ1) is 29.7. The third-order valence-electron chi connectivity index (χ3n) is 13.5. The number of hydrogen-bond acceptors (Lipinski definition) is 9. The van der Waals surface area contributed by atoms with Gasteiger partial charge in [-0.3, -0.25) is 4.79 Å². The number of halogens is 3. The molecular weight excluding hydrogens is 853 g/mol. The lowest BCUT2D eigenvalue weighted by atomic mass is 9.57. The standard InChI is InChI=1S/C30H32Cl3NO.C19H28O8/c1-3-5-13-34(14-6-4-2)19-29(35)28-18-23(33)17-27-25(15-20-7-9-21(31)10-8-20)26-16-22(32)11-12-24(26)30(27)28;1-10-4-5-13-11(2)15(16(22)23-9-7-14(20)21)24-17-19(13)12(10)6-8-18(3,25-17)26-27-19/h7-12,15-18,29,35H,3-6,13-14,19H2,1-2H3;10-13,15,17H,4-9H2,1-3H3,(H,20,21)/b25-15-;/t;10-,11-,12+,13+,15-,17-,18+,19?/m.1/s1. The number of carboxylic acids is 1. The molecule has 6 aliphatic rings. The predicted octanol–water partition coefficient (Wildman–Crippen LogP) is 11.4. The number of nitrogens with zero attached hydrogens (tertiary/aromatic N) is 1. The lowest BCUT2D eigenvalue weighted by Gasteiger charge is -2.60. The van der Waals surface area contributed by atoms with Crippen molar-refractivity contribution in [2.45, 2.75) is 122 Å². The molecule has 62 heavy (non-hydrogen) atoms. The summed E-state index contributed by atoms with van der Waals surface area (Å²) in [6, 6.07) is 17.6. The van der Waals surface area contributed by atoms with E-state index in [2.05, 4.69) is 37.8 Å². The first-order valence-electron chi connectivity index (χ1n) is 22.3. The maximum atomic E-state index is 12.6. The molecule has 13 heteroatoms. The number of aliphatic carboxylic acids is 1. The molecule has 9 rings (SSSR count). The zero-order valence-electron chi connectivity index (χ0n) is 36.3. The maximum absolute atomic E-state index is 12.6. The van der Waals surface area contributed by atoms with E-state index in [1.54, 1.807) is 0 Å². The molecule has 2 N–H and O–H groups in total. The molecule has 10 nitrogen and oxygen atoms in total. The van der Waals surface area contributed by atoms with E-state index in [1.807, 2.05) is 62.4 Å². The van der Waals surface area contributed by atoms with Crippen LogP contribution in [0.2, 0.25) is 15.1 Å². The van der Waals surface area contributed by atoms with Crippen LogP contribution in [0.4, 0.5) is 0 Å². The first-order valence-corrected chi connectivity index (χ1v) is 23.4. The van der Waals surface area contributed by atoms with Crippen LogP contribution in [0, 0.1) is 23.7 Å². The number of aliphatic hydroxyl groups excluding tert-OH is 1. The highest BCUT2D eigenvalue weighted by Gasteiger charge is 2.70. The van der Waals surface area contributed by atoms with Gasteiger partial charge < -0.3 is 29.3 Å². The van der Waals surface area contributed by atoms with Gasteiger partial charge in [0.05, 0.1) is 12.5 Å². The van der Waals surface area contributed by atoms with Gasteiger partial charge in [-0.15, -0.1) is 0 Å². The van der Waals surface area contributed by atoms with Crippen molar-refractivity contribution in [1.82, 2.24) is 4.90 Å². The summed E-state index contributed by atoms with van der Waals surface area (Å²) in [5, 5.41) is 22.2. The van der Waals surface area contributed by atoms with Crippen molar-refractivity contribution in [3.63, 3.8) is 0 Å². The number of benzene rings is 3. The van der Waals surface area contributed by atoms with Crippen LogP contribution in [0.5, 0.6) is 0 Å². The fourth-order valence-electron chi connectivity index (χ4n) is 10.3. The Balaban J connectivity index is 0.000000192. The van der Waals surface area contributed by atoms with Gasteiger partial charge in [0.1, 0.15) is 6.61 Å². The number of hydrogen-bond donors (Lipinski definition) is 2. The van der Waals surface area contributed by atoms with Crippen molar-refractivity contribution in [3.8, 4) is 11.1 Å². The molecule has 4 aliphatic heterocycles. The maximum Gasteiger partial charge on any atom is 0.335 e. The highest BCUT2D eigenvalue weighted by molar-refractivity contribution is 6.32. The third-order valence-corrected chi connectivity index (χ3v) is 14.2. The normalized spacial score (nSPS) is 29.2. The van der Waals surface area contributed by atoms with Crippen LogP contribution in [0.15, 0.2) is 54.6 Å². The monoisotopic (exact) mass is 911 g/mol. The summed E-state index contributed by atoms with van der Waals surface area (Å²) in [4.78, 5) is 37.4. The minimum absolute atomic E-state index is 0.0390. The van der Waals surface area contributed by atoms with E-state index in [0.29, 0.717) is 34.0 Å². The number of carboxylic acid groups (broad SMARTS) is 1. The van der Waals surface area contributed by atoms with Gasteiger partial charge in [-0.2, -0.15) is 0 Å². The average Bonchev–Trinajstić information content (AvgIpc) is 3.34. The topological polar surface area (TPSA) is 124 Å². The Morgan fingerprint density at radius 3 is 2.27 bits per heavy atom. The average molecular weight is 913 g/mol. The number of aliphatic hydroxyl groups is 1. The summed E-state index contributed by atoms with van der Waals surface area (Å²) in [5.41, 5.74) is 6.42. The van der Waals surface area contributed by atoms with E-state index < -0.39 is 41.8 Å². The number of fused-ring (bicyclic) bond motifs is 5. The molecule has 1 saturated carbocycles. The number of unbranched alkanes of at least 4 members (excludes halogenated alkanes) is 2. The van der Waals surface area contributed by atoms with Crippen molar-refractivity contribution < 1.29 is 43.8 Å². The summed E-state index contributed by atoms with van der Waals surface area (Å²) in [5.74, 6) is -1.87. The molecule has 2 bridgehead atoms. The van der Waals surface area contributed by atoms with Crippen molar-refractivity contribution in [3.05, 3.63) is 91.9 Å². The second-order valence-corrected chi connectivity index (χ2v) is 19.2. The Morgan fingerprint density at radius 2 is 1.58 bits per heavy atom. The molecule has 0 amide bonds. The van der Waals surface area contributed by atoms with E-state index in [9.17, 15) is 14.7 Å². The molecule has 4 heterocycles. The highest BCUT2D eigenvalue weighted by atomic mass is 35.5. The second kappa shape index (κ2) is 20.0. The molecule has 336 valence electrons. The van der Waals surface area contributed by atoms with Crippen LogP contribution in [-0.4, -0.2) is 77.1 Å². The molecule has 0 radical (unpaired) electrons. The van der Waals surface area contributed by atoms with Gasteiger partial charge in [-0.1, -0.05) is 93.5 Å². The smallest absolute Gasteiger partial charge is 0.335 e. The minimum atomic E-state index is -1.01. The van der Waals surface area contributed by atoms with Gasteiger partial charge in [0.15, 0.2) is 18.0 Å². The third kappa shape index (κ3) is 9.80. The summed E-state index contributed by atoms with van der Waals surface area (Å²) in [7, 11) is 0. The summed E-state index contributed by atoms with van der Waals surface area (Å²) in [6.07, 6.45) is 7.85. The summed E-state index contributed by atoms with van der Waals surface area (Å²) in [6.45, 7) is 12.8. The first kappa shape index (κ1) is 46.9. The molecule has 4 saturated heterocycles. The Morgan fingerprint density at radius 1 is 0.887 bits per heavy atom.